The van der Waals surface area contributed by atoms with E-state index in [1.807, 2.05) is 36.4 Å². The molecule has 3 aromatic carbocycles. The van der Waals surface area contributed by atoms with Crippen LogP contribution in [0.1, 0.15) is 41.5 Å². The molecule has 3 aliphatic rings. The Morgan fingerprint density at radius 1 is 0.844 bits per heavy atom. The van der Waals surface area contributed by atoms with E-state index in [2.05, 4.69) is 47.9 Å². The Morgan fingerprint density at radius 3 is 2.56 bits per heavy atom. The third-order valence-electron chi connectivity index (χ3n) is 6.56. The molecule has 5 heteroatoms. The summed E-state index contributed by atoms with van der Waals surface area (Å²) in [5, 5.41) is 7.27. The number of nitrogens with one attached hydrogen (secondary N) is 2. The van der Waals surface area contributed by atoms with Gasteiger partial charge in [0.25, 0.3) is 0 Å². The van der Waals surface area contributed by atoms with Gasteiger partial charge in [0.1, 0.15) is 0 Å². The standard InChI is InChI=1S/C27H24N2O3/c1-16-7-9-20-21(11-16)29-27(18-8-10-24-25(14-18)32-15-31-24)26-22(28-20)12-19(13-23(26)30)17-5-3-2-4-6-17/h2-11,14,19,27-29H,12-13,15H2,1H3. The third-order valence-corrected chi connectivity index (χ3v) is 6.56. The lowest BCUT2D eigenvalue weighted by molar-refractivity contribution is -0.116. The third kappa shape index (κ3) is 3.21. The molecule has 32 heavy (non-hydrogen) atoms. The number of aryl methyl sites for hydroxylation is 1. The minimum absolute atomic E-state index is 0.166. The Labute approximate surface area is 187 Å². The van der Waals surface area contributed by atoms with Gasteiger partial charge >= 0.3 is 0 Å². The van der Waals surface area contributed by atoms with Crippen molar-refractivity contribution in [1.29, 1.82) is 0 Å². The van der Waals surface area contributed by atoms with Gasteiger partial charge < -0.3 is 20.1 Å². The van der Waals surface area contributed by atoms with E-state index in [1.54, 1.807) is 0 Å². The van der Waals surface area contributed by atoms with Crippen LogP contribution < -0.4 is 20.1 Å². The lowest BCUT2D eigenvalue weighted by Crippen LogP contribution is -2.26. The van der Waals surface area contributed by atoms with E-state index in [9.17, 15) is 4.79 Å². The molecule has 2 N–H and O–H groups in total. The van der Waals surface area contributed by atoms with Crippen molar-refractivity contribution < 1.29 is 14.3 Å². The molecule has 0 bridgehead atoms. The van der Waals surface area contributed by atoms with Gasteiger partial charge in [-0.2, -0.15) is 0 Å². The van der Waals surface area contributed by atoms with Crippen LogP contribution in [0.3, 0.4) is 0 Å². The summed E-state index contributed by atoms with van der Waals surface area (Å²) in [6.45, 7) is 2.30. The number of ether oxygens (including phenoxy) is 2. The molecule has 0 radical (unpaired) electrons. The highest BCUT2D eigenvalue weighted by atomic mass is 16.7. The van der Waals surface area contributed by atoms with Crippen molar-refractivity contribution in [3.8, 4) is 11.5 Å². The molecule has 0 saturated heterocycles. The molecule has 0 spiro atoms. The van der Waals surface area contributed by atoms with Crippen molar-refractivity contribution in [3.05, 3.63) is 94.7 Å². The fraction of sp³-hybridized carbons (Fsp3) is 0.222. The maximum Gasteiger partial charge on any atom is 0.231 e. The van der Waals surface area contributed by atoms with Crippen molar-refractivity contribution in [2.45, 2.75) is 31.7 Å². The highest BCUT2D eigenvalue weighted by Gasteiger charge is 2.36. The van der Waals surface area contributed by atoms with Crippen molar-refractivity contribution in [1.82, 2.24) is 0 Å². The summed E-state index contributed by atoms with van der Waals surface area (Å²) in [5.41, 5.74) is 7.15. The lowest BCUT2D eigenvalue weighted by atomic mass is 9.78. The first-order valence-corrected chi connectivity index (χ1v) is 11.0. The van der Waals surface area contributed by atoms with E-state index in [1.165, 1.54) is 5.56 Å². The van der Waals surface area contributed by atoms with Crippen LogP contribution in [0.5, 0.6) is 11.5 Å². The zero-order chi connectivity index (χ0) is 21.7. The molecular weight excluding hydrogens is 400 g/mol. The molecule has 6 rings (SSSR count). The number of anilines is 2. The quantitative estimate of drug-likeness (QED) is 0.552. The normalized spacial score (nSPS) is 21.2. The van der Waals surface area contributed by atoms with Crippen LogP contribution in [0.15, 0.2) is 78.0 Å². The Morgan fingerprint density at radius 2 is 1.69 bits per heavy atom. The molecule has 3 aromatic rings. The molecule has 0 aromatic heterocycles. The van der Waals surface area contributed by atoms with Crippen LogP contribution >= 0.6 is 0 Å². The van der Waals surface area contributed by atoms with Crippen LogP contribution in [0.25, 0.3) is 0 Å². The Kier molecular flexibility index (Phi) is 4.42. The van der Waals surface area contributed by atoms with Gasteiger partial charge in [-0.1, -0.05) is 42.5 Å². The van der Waals surface area contributed by atoms with E-state index in [4.69, 9.17) is 9.47 Å². The second-order valence-corrected chi connectivity index (χ2v) is 8.70. The number of carbonyl (C=O) groups is 1. The van der Waals surface area contributed by atoms with Crippen molar-refractivity contribution in [2.75, 3.05) is 17.4 Å². The van der Waals surface area contributed by atoms with Crippen LogP contribution in [-0.4, -0.2) is 12.6 Å². The Hall–Kier alpha value is -3.73. The Balaban J connectivity index is 1.47. The largest absolute Gasteiger partial charge is 0.454 e. The molecule has 160 valence electrons. The highest BCUT2D eigenvalue weighted by molar-refractivity contribution is 6.01. The summed E-state index contributed by atoms with van der Waals surface area (Å²) in [5.74, 6) is 1.80. The molecule has 2 aliphatic heterocycles. The van der Waals surface area contributed by atoms with E-state index in [0.29, 0.717) is 6.42 Å². The molecule has 5 nitrogen and oxygen atoms in total. The summed E-state index contributed by atoms with van der Waals surface area (Å²) in [6.07, 6.45) is 1.30. The number of carbonyl (C=O) groups excluding carboxylic acids is 1. The van der Waals surface area contributed by atoms with E-state index < -0.39 is 0 Å². The molecule has 2 unspecified atom stereocenters. The summed E-state index contributed by atoms with van der Waals surface area (Å²) >= 11 is 0. The summed E-state index contributed by atoms with van der Waals surface area (Å²) in [6, 6.07) is 22.3. The second kappa shape index (κ2) is 7.45. The fourth-order valence-corrected chi connectivity index (χ4v) is 4.96. The number of benzene rings is 3. The first-order chi connectivity index (χ1) is 15.7. The molecule has 2 heterocycles. The monoisotopic (exact) mass is 424 g/mol. The summed E-state index contributed by atoms with van der Waals surface area (Å²) < 4.78 is 11.1. The minimum Gasteiger partial charge on any atom is -0.454 e. The number of allylic oxidation sites excluding steroid dienone is 1. The highest BCUT2D eigenvalue weighted by Crippen LogP contribution is 2.45. The Bertz CT molecular complexity index is 1250. The van der Waals surface area contributed by atoms with Crippen LogP contribution in [0.2, 0.25) is 0 Å². The predicted molar refractivity (Wildman–Crippen MR) is 124 cm³/mol. The van der Waals surface area contributed by atoms with Gasteiger partial charge in [0.05, 0.1) is 17.4 Å². The number of hydrogen-bond donors (Lipinski definition) is 2. The van der Waals surface area contributed by atoms with Gasteiger partial charge in [0, 0.05) is 17.7 Å². The van der Waals surface area contributed by atoms with E-state index in [-0.39, 0.29) is 24.5 Å². The van der Waals surface area contributed by atoms with Gasteiger partial charge in [0.2, 0.25) is 6.79 Å². The van der Waals surface area contributed by atoms with Gasteiger partial charge in [-0.25, -0.2) is 0 Å². The fourth-order valence-electron chi connectivity index (χ4n) is 4.96. The molecule has 1 aliphatic carbocycles. The first-order valence-electron chi connectivity index (χ1n) is 11.0. The SMILES string of the molecule is Cc1ccc2c(c1)NC(c1ccc3c(c1)OCO3)C1=C(CC(c3ccccc3)CC1=O)N2. The van der Waals surface area contributed by atoms with Gasteiger partial charge in [-0.05, 0) is 60.2 Å². The van der Waals surface area contributed by atoms with E-state index >= 15 is 0 Å². The van der Waals surface area contributed by atoms with Crippen LogP contribution in [0, 0.1) is 6.92 Å². The first kappa shape index (κ1) is 19.0. The van der Waals surface area contributed by atoms with Gasteiger partial charge in [-0.15, -0.1) is 0 Å². The van der Waals surface area contributed by atoms with Gasteiger partial charge in [0.15, 0.2) is 17.3 Å². The molecule has 0 saturated carbocycles. The second-order valence-electron chi connectivity index (χ2n) is 8.70. The average molecular weight is 425 g/mol. The number of ketones is 1. The molecular formula is C27H24N2O3. The van der Waals surface area contributed by atoms with Crippen molar-refractivity contribution in [3.63, 3.8) is 0 Å². The predicted octanol–water partition coefficient (Wildman–Crippen LogP) is 5.70. The maximum absolute atomic E-state index is 13.6. The zero-order valence-electron chi connectivity index (χ0n) is 17.9. The van der Waals surface area contributed by atoms with Crippen LogP contribution in [0.4, 0.5) is 11.4 Å². The number of fused-ring (bicyclic) bond motifs is 2. The summed E-state index contributed by atoms with van der Waals surface area (Å²) in [4.78, 5) is 13.6. The van der Waals surface area contributed by atoms with Crippen molar-refractivity contribution in [2.24, 2.45) is 0 Å². The minimum atomic E-state index is -0.265. The topological polar surface area (TPSA) is 59.6 Å². The van der Waals surface area contributed by atoms with E-state index in [0.717, 1.165) is 51.7 Å². The molecule has 2 atom stereocenters. The average Bonchev–Trinajstić information content (AvgIpc) is 3.21. The zero-order valence-corrected chi connectivity index (χ0v) is 17.9. The number of Topliss-reactive ketones (excluding diaryl/α,β-unsaturated/α-hetero) is 1. The van der Waals surface area contributed by atoms with Gasteiger partial charge in [-0.3, -0.25) is 4.79 Å². The smallest absolute Gasteiger partial charge is 0.231 e. The molecule has 0 amide bonds. The van der Waals surface area contributed by atoms with Crippen molar-refractivity contribution >= 4 is 17.2 Å². The van der Waals surface area contributed by atoms with Crippen LogP contribution in [-0.2, 0) is 4.79 Å². The number of rotatable bonds is 2. The summed E-state index contributed by atoms with van der Waals surface area (Å²) in [7, 11) is 0. The number of hydrogen-bond acceptors (Lipinski definition) is 5. The lowest BCUT2D eigenvalue weighted by Gasteiger charge is -2.30. The maximum atomic E-state index is 13.6. The molecule has 0 fully saturated rings.